The molecule has 1 N–H and O–H groups in total. The third-order valence-electron chi connectivity index (χ3n) is 4.16. The number of para-hydroxylation sites is 1. The molecule has 2 aromatic heterocycles. The zero-order valence-electron chi connectivity index (χ0n) is 14.7. The van der Waals surface area contributed by atoms with Crippen LogP contribution in [0.3, 0.4) is 0 Å². The van der Waals surface area contributed by atoms with Crippen molar-refractivity contribution in [2.75, 3.05) is 0 Å². The number of hydrogen-bond acceptors (Lipinski definition) is 4. The van der Waals surface area contributed by atoms with Crippen LogP contribution in [0.5, 0.6) is 0 Å². The monoisotopic (exact) mass is 430 g/mol. The molecule has 1 amide bonds. The van der Waals surface area contributed by atoms with Crippen LogP contribution in [0.15, 0.2) is 88.7 Å². The highest BCUT2D eigenvalue weighted by Gasteiger charge is 2.13. The average Bonchev–Trinajstić information content (AvgIpc) is 2.74. The van der Waals surface area contributed by atoms with Crippen LogP contribution in [0, 0.1) is 0 Å². The molecule has 4 rings (SSSR count). The van der Waals surface area contributed by atoms with Gasteiger partial charge in [-0.15, -0.1) is 0 Å². The van der Waals surface area contributed by atoms with E-state index in [1.807, 2.05) is 60.7 Å². The van der Waals surface area contributed by atoms with E-state index in [0.717, 1.165) is 32.2 Å². The maximum atomic E-state index is 12.8. The molecule has 4 aromatic rings. The Morgan fingerprint density at radius 3 is 2.64 bits per heavy atom. The first kappa shape index (κ1) is 18.0. The normalized spacial score (nSPS) is 11.0. The fourth-order valence-corrected chi connectivity index (χ4v) is 3.07. The van der Waals surface area contributed by atoms with Crippen molar-refractivity contribution in [1.29, 1.82) is 0 Å². The lowest BCUT2D eigenvalue weighted by Gasteiger charge is -2.09. The molecule has 0 radical (unpaired) electrons. The smallest absolute Gasteiger partial charge is 0.267 e. The zero-order chi connectivity index (χ0) is 19.3. The maximum Gasteiger partial charge on any atom is 0.272 e. The van der Waals surface area contributed by atoms with E-state index in [1.54, 1.807) is 24.7 Å². The van der Waals surface area contributed by atoms with E-state index in [1.165, 1.54) is 0 Å². The van der Waals surface area contributed by atoms with Crippen LogP contribution < -0.4 is 5.43 Å². The highest BCUT2D eigenvalue weighted by molar-refractivity contribution is 9.10. The zero-order valence-corrected chi connectivity index (χ0v) is 16.3. The van der Waals surface area contributed by atoms with Gasteiger partial charge in [0.25, 0.3) is 5.91 Å². The second kappa shape index (κ2) is 8.10. The lowest BCUT2D eigenvalue weighted by atomic mass is 10.0. The van der Waals surface area contributed by atoms with Gasteiger partial charge in [-0.25, -0.2) is 10.4 Å². The molecule has 0 spiro atoms. The summed E-state index contributed by atoms with van der Waals surface area (Å²) in [6.45, 7) is 0. The van der Waals surface area contributed by atoms with Gasteiger partial charge in [-0.3, -0.25) is 9.78 Å². The maximum absolute atomic E-state index is 12.8. The third kappa shape index (κ3) is 3.97. The van der Waals surface area contributed by atoms with E-state index in [2.05, 4.69) is 31.4 Å². The third-order valence-corrected chi connectivity index (χ3v) is 4.69. The van der Waals surface area contributed by atoms with Crippen molar-refractivity contribution in [2.45, 2.75) is 0 Å². The van der Waals surface area contributed by atoms with Crippen molar-refractivity contribution in [3.05, 3.63) is 94.7 Å². The van der Waals surface area contributed by atoms with Gasteiger partial charge in [-0.1, -0.05) is 52.3 Å². The van der Waals surface area contributed by atoms with Gasteiger partial charge in [0, 0.05) is 33.4 Å². The van der Waals surface area contributed by atoms with E-state index in [-0.39, 0.29) is 5.91 Å². The Bertz CT molecular complexity index is 1160. The van der Waals surface area contributed by atoms with Crippen molar-refractivity contribution in [3.63, 3.8) is 0 Å². The molecule has 0 aliphatic carbocycles. The van der Waals surface area contributed by atoms with Crippen molar-refractivity contribution < 1.29 is 4.79 Å². The Labute approximate surface area is 170 Å². The molecule has 28 heavy (non-hydrogen) atoms. The molecule has 0 fully saturated rings. The first-order valence-corrected chi connectivity index (χ1v) is 9.39. The molecule has 0 aliphatic rings. The van der Waals surface area contributed by atoms with E-state index in [4.69, 9.17) is 4.98 Å². The second-order valence-electron chi connectivity index (χ2n) is 6.06. The number of hydrazone groups is 1. The molecule has 0 saturated carbocycles. The summed E-state index contributed by atoms with van der Waals surface area (Å²) in [5.74, 6) is -0.294. The Morgan fingerprint density at radius 1 is 1.04 bits per heavy atom. The van der Waals surface area contributed by atoms with Gasteiger partial charge in [0.1, 0.15) is 0 Å². The standard InChI is InChI=1S/C22H15BrN4O/c23-17-9-7-16(8-10-17)21-12-19(18-5-1-2-6-20(18)26-21)22(28)27-25-14-15-4-3-11-24-13-15/h1-14H,(H,27,28)/b25-14-. The summed E-state index contributed by atoms with van der Waals surface area (Å²) in [4.78, 5) is 21.5. The number of carbonyl (C=O) groups excluding carboxylic acids is 1. The van der Waals surface area contributed by atoms with E-state index in [9.17, 15) is 4.79 Å². The number of nitrogens with one attached hydrogen (secondary N) is 1. The van der Waals surface area contributed by atoms with Gasteiger partial charge in [0.2, 0.25) is 0 Å². The first-order chi connectivity index (χ1) is 13.7. The number of benzene rings is 2. The van der Waals surface area contributed by atoms with Crippen LogP contribution in [-0.4, -0.2) is 22.1 Å². The minimum atomic E-state index is -0.294. The van der Waals surface area contributed by atoms with Gasteiger partial charge in [-0.2, -0.15) is 5.10 Å². The Hall–Kier alpha value is -3.38. The predicted molar refractivity (Wildman–Crippen MR) is 114 cm³/mol. The fourth-order valence-electron chi connectivity index (χ4n) is 2.81. The minimum absolute atomic E-state index is 0.294. The summed E-state index contributed by atoms with van der Waals surface area (Å²) in [7, 11) is 0. The summed E-state index contributed by atoms with van der Waals surface area (Å²) >= 11 is 3.44. The quantitative estimate of drug-likeness (QED) is 0.372. The van der Waals surface area contributed by atoms with Crippen molar-refractivity contribution in [1.82, 2.24) is 15.4 Å². The Balaban J connectivity index is 1.69. The van der Waals surface area contributed by atoms with E-state index < -0.39 is 0 Å². The van der Waals surface area contributed by atoms with Gasteiger partial charge in [0.15, 0.2) is 0 Å². The summed E-state index contributed by atoms with van der Waals surface area (Å²) in [5, 5.41) is 4.82. The Kier molecular flexibility index (Phi) is 5.21. The van der Waals surface area contributed by atoms with Crippen molar-refractivity contribution in [3.8, 4) is 11.3 Å². The minimum Gasteiger partial charge on any atom is -0.267 e. The predicted octanol–water partition coefficient (Wildman–Crippen LogP) is 4.82. The number of pyridine rings is 2. The number of halogens is 1. The van der Waals surface area contributed by atoms with Crippen molar-refractivity contribution in [2.24, 2.45) is 5.10 Å². The van der Waals surface area contributed by atoms with Crippen LogP contribution in [-0.2, 0) is 0 Å². The van der Waals surface area contributed by atoms with Crippen LogP contribution in [0.25, 0.3) is 22.2 Å². The molecule has 5 nitrogen and oxygen atoms in total. The van der Waals surface area contributed by atoms with Gasteiger partial charge in [-0.05, 0) is 30.3 Å². The number of aromatic nitrogens is 2. The molecule has 0 saturated heterocycles. The first-order valence-electron chi connectivity index (χ1n) is 8.60. The fraction of sp³-hybridized carbons (Fsp3) is 0. The summed E-state index contributed by atoms with van der Waals surface area (Å²) in [6.07, 6.45) is 4.91. The van der Waals surface area contributed by atoms with Gasteiger partial charge in [0.05, 0.1) is 23.0 Å². The summed E-state index contributed by atoms with van der Waals surface area (Å²) < 4.78 is 0.986. The largest absolute Gasteiger partial charge is 0.272 e. The lowest BCUT2D eigenvalue weighted by molar-refractivity contribution is 0.0956. The number of carbonyl (C=O) groups is 1. The topological polar surface area (TPSA) is 67.2 Å². The molecule has 6 heteroatoms. The van der Waals surface area contributed by atoms with E-state index >= 15 is 0 Å². The molecular weight excluding hydrogens is 416 g/mol. The molecule has 0 unspecified atom stereocenters. The molecule has 0 atom stereocenters. The van der Waals surface area contributed by atoms with Gasteiger partial charge >= 0.3 is 0 Å². The van der Waals surface area contributed by atoms with Crippen LogP contribution >= 0.6 is 15.9 Å². The molecule has 2 aromatic carbocycles. The average molecular weight is 431 g/mol. The van der Waals surface area contributed by atoms with Crippen LogP contribution in [0.4, 0.5) is 0 Å². The number of fused-ring (bicyclic) bond motifs is 1. The number of amides is 1. The van der Waals surface area contributed by atoms with Crippen LogP contribution in [0.1, 0.15) is 15.9 Å². The highest BCUT2D eigenvalue weighted by atomic mass is 79.9. The van der Waals surface area contributed by atoms with Crippen LogP contribution in [0.2, 0.25) is 0 Å². The molecular formula is C22H15BrN4O. The Morgan fingerprint density at radius 2 is 1.86 bits per heavy atom. The molecule has 136 valence electrons. The molecule has 0 bridgehead atoms. The number of nitrogens with zero attached hydrogens (tertiary/aromatic N) is 3. The van der Waals surface area contributed by atoms with Gasteiger partial charge < -0.3 is 0 Å². The molecule has 2 heterocycles. The van der Waals surface area contributed by atoms with Crippen molar-refractivity contribution >= 4 is 39.0 Å². The second-order valence-corrected chi connectivity index (χ2v) is 6.98. The van der Waals surface area contributed by atoms with E-state index in [0.29, 0.717) is 5.56 Å². The summed E-state index contributed by atoms with van der Waals surface area (Å²) in [6, 6.07) is 20.9. The summed E-state index contributed by atoms with van der Waals surface area (Å²) in [5.41, 5.74) is 6.33. The number of rotatable bonds is 4. The highest BCUT2D eigenvalue weighted by Crippen LogP contribution is 2.26. The molecule has 0 aliphatic heterocycles. The number of hydrogen-bond donors (Lipinski definition) is 1. The lowest BCUT2D eigenvalue weighted by Crippen LogP contribution is -2.18. The SMILES string of the molecule is O=C(N/N=C\c1cccnc1)c1cc(-c2ccc(Br)cc2)nc2ccccc12.